The van der Waals surface area contributed by atoms with Gasteiger partial charge in [-0.1, -0.05) is 37.6 Å². The van der Waals surface area contributed by atoms with Gasteiger partial charge in [0.2, 0.25) is 0 Å². The minimum Gasteiger partial charge on any atom is -0.481 e. The van der Waals surface area contributed by atoms with Gasteiger partial charge in [0.25, 0.3) is 0 Å². The Hall–Kier alpha value is -1.35. The van der Waals surface area contributed by atoms with Crippen molar-refractivity contribution >= 4 is 5.97 Å². The van der Waals surface area contributed by atoms with Crippen LogP contribution in [0.3, 0.4) is 0 Å². The van der Waals surface area contributed by atoms with E-state index in [1.54, 1.807) is 0 Å². The lowest BCUT2D eigenvalue weighted by Gasteiger charge is -2.27. The van der Waals surface area contributed by atoms with Gasteiger partial charge in [0, 0.05) is 12.6 Å². The van der Waals surface area contributed by atoms with Crippen molar-refractivity contribution in [2.75, 3.05) is 13.1 Å². The zero-order valence-electron chi connectivity index (χ0n) is 12.1. The number of hydrogen-bond acceptors (Lipinski definition) is 2. The normalized spacial score (nSPS) is 26.9. The summed E-state index contributed by atoms with van der Waals surface area (Å²) in [5.74, 6) is -0.600. The van der Waals surface area contributed by atoms with E-state index in [4.69, 9.17) is 0 Å². The lowest BCUT2D eigenvalue weighted by Crippen LogP contribution is -2.39. The average molecular weight is 273 g/mol. The van der Waals surface area contributed by atoms with Crippen LogP contribution in [-0.2, 0) is 17.6 Å². The van der Waals surface area contributed by atoms with Gasteiger partial charge in [-0.3, -0.25) is 9.69 Å². The van der Waals surface area contributed by atoms with Crippen molar-refractivity contribution in [2.45, 2.75) is 45.1 Å². The van der Waals surface area contributed by atoms with Gasteiger partial charge in [-0.2, -0.15) is 0 Å². The molecule has 1 aliphatic carbocycles. The zero-order chi connectivity index (χ0) is 14.2. The molecule has 3 nitrogen and oxygen atoms in total. The van der Waals surface area contributed by atoms with Crippen molar-refractivity contribution in [3.63, 3.8) is 0 Å². The average Bonchev–Trinajstić information content (AvgIpc) is 3.03. The highest BCUT2D eigenvalue weighted by atomic mass is 16.4. The summed E-state index contributed by atoms with van der Waals surface area (Å²) >= 11 is 0. The van der Waals surface area contributed by atoms with Crippen molar-refractivity contribution in [1.29, 1.82) is 0 Å². The second-order valence-electron chi connectivity index (χ2n) is 6.39. The lowest BCUT2D eigenvalue weighted by molar-refractivity contribution is -0.148. The van der Waals surface area contributed by atoms with Gasteiger partial charge in [0.15, 0.2) is 0 Å². The van der Waals surface area contributed by atoms with Crippen LogP contribution in [0.1, 0.15) is 37.3 Å². The third-order valence-corrected chi connectivity index (χ3v) is 5.11. The smallest absolute Gasteiger partial charge is 0.310 e. The highest BCUT2D eigenvalue weighted by molar-refractivity contribution is 5.75. The molecule has 0 aromatic heterocycles. The quantitative estimate of drug-likeness (QED) is 0.917. The standard InChI is InChI=1S/C17H23NO2/c1-2-7-17(16(19)20)8-9-18(12-17)15-10-13-5-3-4-6-14(13)11-15/h3-6,15H,2,7-12H2,1H3,(H,19,20). The number of benzene rings is 1. The first-order chi connectivity index (χ1) is 9.64. The Bertz CT molecular complexity index is 488. The van der Waals surface area contributed by atoms with E-state index in [-0.39, 0.29) is 0 Å². The Morgan fingerprint density at radius 2 is 2.00 bits per heavy atom. The van der Waals surface area contributed by atoms with Crippen molar-refractivity contribution in [2.24, 2.45) is 5.41 Å². The Balaban J connectivity index is 1.71. The molecule has 1 N–H and O–H groups in total. The molecule has 1 aromatic carbocycles. The number of nitrogens with zero attached hydrogens (tertiary/aromatic N) is 1. The molecular formula is C17H23NO2. The third kappa shape index (κ3) is 2.24. The van der Waals surface area contributed by atoms with E-state index in [1.165, 1.54) is 11.1 Å². The molecule has 1 fully saturated rings. The zero-order valence-corrected chi connectivity index (χ0v) is 12.1. The largest absolute Gasteiger partial charge is 0.481 e. The maximum Gasteiger partial charge on any atom is 0.310 e. The molecule has 3 rings (SSSR count). The third-order valence-electron chi connectivity index (χ3n) is 5.11. The topological polar surface area (TPSA) is 40.5 Å². The highest BCUT2D eigenvalue weighted by Crippen LogP contribution is 2.38. The maximum atomic E-state index is 11.7. The monoisotopic (exact) mass is 273 g/mol. The number of fused-ring (bicyclic) bond motifs is 1. The molecule has 0 bridgehead atoms. The summed E-state index contributed by atoms with van der Waals surface area (Å²) in [6, 6.07) is 9.13. The number of carboxylic acid groups (broad SMARTS) is 1. The minimum atomic E-state index is -0.600. The van der Waals surface area contributed by atoms with Crippen LogP contribution in [0, 0.1) is 5.41 Å². The fourth-order valence-electron chi connectivity index (χ4n) is 3.97. The van der Waals surface area contributed by atoms with Crippen LogP contribution in [0.4, 0.5) is 0 Å². The first kappa shape index (κ1) is 13.6. The van der Waals surface area contributed by atoms with E-state index in [2.05, 4.69) is 36.1 Å². The van der Waals surface area contributed by atoms with Gasteiger partial charge in [0.05, 0.1) is 5.41 Å². The number of rotatable bonds is 4. The van der Waals surface area contributed by atoms with Crippen molar-refractivity contribution < 1.29 is 9.90 Å². The molecule has 0 saturated carbocycles. The number of carbonyl (C=O) groups is 1. The van der Waals surface area contributed by atoms with Crippen LogP contribution >= 0.6 is 0 Å². The predicted octanol–water partition coefficient (Wildman–Crippen LogP) is 2.73. The predicted molar refractivity (Wildman–Crippen MR) is 78.8 cm³/mol. The van der Waals surface area contributed by atoms with Crippen molar-refractivity contribution in [3.8, 4) is 0 Å². The summed E-state index contributed by atoms with van der Waals surface area (Å²) in [5.41, 5.74) is 2.39. The summed E-state index contributed by atoms with van der Waals surface area (Å²) in [6.45, 7) is 3.75. The molecule has 1 saturated heterocycles. The van der Waals surface area contributed by atoms with E-state index >= 15 is 0 Å². The van der Waals surface area contributed by atoms with E-state index in [0.29, 0.717) is 6.04 Å². The van der Waals surface area contributed by atoms with E-state index in [1.807, 2.05) is 0 Å². The van der Waals surface area contributed by atoms with E-state index in [0.717, 1.165) is 45.2 Å². The summed E-state index contributed by atoms with van der Waals surface area (Å²) in [4.78, 5) is 14.1. The molecule has 20 heavy (non-hydrogen) atoms. The summed E-state index contributed by atoms with van der Waals surface area (Å²) in [7, 11) is 0. The first-order valence-corrected chi connectivity index (χ1v) is 7.69. The van der Waals surface area contributed by atoms with Crippen LogP contribution in [0.25, 0.3) is 0 Å². The summed E-state index contributed by atoms with van der Waals surface area (Å²) in [6.07, 6.45) is 4.72. The van der Waals surface area contributed by atoms with Crippen LogP contribution in [0.15, 0.2) is 24.3 Å². The molecule has 3 heteroatoms. The van der Waals surface area contributed by atoms with Gasteiger partial charge in [-0.05, 0) is 43.4 Å². The number of hydrogen-bond donors (Lipinski definition) is 1. The fraction of sp³-hybridized carbons (Fsp3) is 0.588. The fourth-order valence-corrected chi connectivity index (χ4v) is 3.97. The second kappa shape index (κ2) is 5.21. The van der Waals surface area contributed by atoms with E-state index in [9.17, 15) is 9.90 Å². The van der Waals surface area contributed by atoms with Crippen LogP contribution in [-0.4, -0.2) is 35.1 Å². The SMILES string of the molecule is CCCC1(C(=O)O)CCN(C2Cc3ccccc3C2)C1. The van der Waals surface area contributed by atoms with Crippen LogP contribution in [0.2, 0.25) is 0 Å². The van der Waals surface area contributed by atoms with Crippen LogP contribution < -0.4 is 0 Å². The number of carboxylic acids is 1. The molecular weight excluding hydrogens is 250 g/mol. The number of likely N-dealkylation sites (tertiary alicyclic amines) is 1. The van der Waals surface area contributed by atoms with Gasteiger partial charge in [-0.15, -0.1) is 0 Å². The van der Waals surface area contributed by atoms with Gasteiger partial charge in [0.1, 0.15) is 0 Å². The molecule has 108 valence electrons. The van der Waals surface area contributed by atoms with Crippen molar-refractivity contribution in [3.05, 3.63) is 35.4 Å². The molecule has 0 amide bonds. The Morgan fingerprint density at radius 3 is 2.55 bits per heavy atom. The Labute approximate surface area is 120 Å². The highest BCUT2D eigenvalue weighted by Gasteiger charge is 2.46. The van der Waals surface area contributed by atoms with Gasteiger partial charge in [-0.25, -0.2) is 0 Å². The lowest BCUT2D eigenvalue weighted by atomic mass is 9.82. The molecule has 1 heterocycles. The summed E-state index contributed by atoms with van der Waals surface area (Å²) < 4.78 is 0. The molecule has 2 aliphatic rings. The number of aliphatic carboxylic acids is 1. The van der Waals surface area contributed by atoms with Gasteiger partial charge < -0.3 is 5.11 Å². The second-order valence-corrected chi connectivity index (χ2v) is 6.39. The van der Waals surface area contributed by atoms with Crippen LogP contribution in [0.5, 0.6) is 0 Å². The Morgan fingerprint density at radius 1 is 1.35 bits per heavy atom. The summed E-state index contributed by atoms with van der Waals surface area (Å²) in [5, 5.41) is 9.60. The molecule has 0 radical (unpaired) electrons. The minimum absolute atomic E-state index is 0.497. The molecule has 0 spiro atoms. The maximum absolute atomic E-state index is 11.7. The molecule has 1 aromatic rings. The van der Waals surface area contributed by atoms with E-state index < -0.39 is 11.4 Å². The molecule has 1 aliphatic heterocycles. The molecule has 1 atom stereocenters. The van der Waals surface area contributed by atoms with Gasteiger partial charge >= 0.3 is 5.97 Å². The molecule has 1 unspecified atom stereocenters. The van der Waals surface area contributed by atoms with Crippen molar-refractivity contribution in [1.82, 2.24) is 4.90 Å². The first-order valence-electron chi connectivity index (χ1n) is 7.69. The Kier molecular flexibility index (Phi) is 3.55.